The summed E-state index contributed by atoms with van der Waals surface area (Å²) in [6.45, 7) is 5.87. The number of methoxy groups -OCH3 is 2. The third kappa shape index (κ3) is 6.56. The van der Waals surface area contributed by atoms with Crippen LogP contribution in [0.2, 0.25) is 0 Å². The van der Waals surface area contributed by atoms with Crippen molar-refractivity contribution < 1.29 is 38.3 Å². The number of hydrogen-bond donors (Lipinski definition) is 1. The molecule has 1 saturated heterocycles. The van der Waals surface area contributed by atoms with E-state index in [4.69, 9.17) is 9.47 Å². The quantitative estimate of drug-likeness (QED) is 0.250. The molecule has 0 bridgehead atoms. The van der Waals surface area contributed by atoms with Gasteiger partial charge < -0.3 is 24.4 Å². The smallest absolute Gasteiger partial charge is 0.408 e. The average Bonchev–Trinajstić information content (AvgIpc) is 2.58. The Morgan fingerprint density at radius 1 is 1.13 bits per heavy atom. The highest BCUT2D eigenvalue weighted by atomic mass is 16.6. The van der Waals surface area contributed by atoms with Gasteiger partial charge in [-0.25, -0.2) is 9.59 Å². The van der Waals surface area contributed by atoms with Gasteiger partial charge in [-0.05, 0) is 27.2 Å². The molecule has 30 heavy (non-hydrogen) atoms. The van der Waals surface area contributed by atoms with Gasteiger partial charge in [-0.1, -0.05) is 0 Å². The monoisotopic (exact) mass is 431 g/mol. The Morgan fingerprint density at radius 3 is 2.07 bits per heavy atom. The first-order chi connectivity index (χ1) is 13.7. The fourth-order valence-corrected chi connectivity index (χ4v) is 3.18. The maximum Gasteiger partial charge on any atom is 0.408 e. The molecule has 0 aromatic rings. The summed E-state index contributed by atoms with van der Waals surface area (Å²) in [6, 6.07) is -1.29. The van der Waals surface area contributed by atoms with Crippen LogP contribution in [-0.2, 0) is 28.6 Å². The van der Waals surface area contributed by atoms with Crippen LogP contribution in [0.4, 0.5) is 4.79 Å². The number of carbonyl (C=O) groups excluding carboxylic acids is 4. The number of carbonyl (C=O) groups is 4. The van der Waals surface area contributed by atoms with Crippen LogP contribution in [0.3, 0.4) is 0 Å². The molecule has 0 aliphatic carbocycles. The molecular weight excluding hydrogens is 402 g/mol. The SMILES string of the molecule is COC(=O)C(CC(NC(=O)OC(C)(C)C)C(=O)OC)CC1([N+](=O)[O-])CN(C(C)=O)C1. The van der Waals surface area contributed by atoms with Crippen LogP contribution >= 0.6 is 0 Å². The molecule has 170 valence electrons. The fourth-order valence-electron chi connectivity index (χ4n) is 3.18. The number of esters is 2. The van der Waals surface area contributed by atoms with Crippen molar-refractivity contribution in [2.24, 2.45) is 5.92 Å². The van der Waals surface area contributed by atoms with E-state index in [1.165, 1.54) is 11.8 Å². The second-order valence-electron chi connectivity index (χ2n) is 8.24. The molecule has 1 rings (SSSR count). The molecule has 0 aromatic carbocycles. The summed E-state index contributed by atoms with van der Waals surface area (Å²) in [5.74, 6) is -3.05. The second-order valence-corrected chi connectivity index (χ2v) is 8.24. The van der Waals surface area contributed by atoms with Gasteiger partial charge in [0.25, 0.3) is 5.54 Å². The van der Waals surface area contributed by atoms with Gasteiger partial charge in [0.2, 0.25) is 5.91 Å². The number of hydrogen-bond acceptors (Lipinski definition) is 9. The van der Waals surface area contributed by atoms with Crippen LogP contribution in [0.5, 0.6) is 0 Å². The van der Waals surface area contributed by atoms with E-state index < -0.39 is 46.1 Å². The van der Waals surface area contributed by atoms with E-state index in [9.17, 15) is 29.3 Å². The molecule has 1 aliphatic rings. The predicted molar refractivity (Wildman–Crippen MR) is 102 cm³/mol. The Labute approximate surface area is 174 Å². The van der Waals surface area contributed by atoms with Crippen molar-refractivity contribution in [2.45, 2.75) is 57.7 Å². The fraction of sp³-hybridized carbons (Fsp3) is 0.778. The van der Waals surface area contributed by atoms with Crippen LogP contribution in [-0.4, -0.2) is 78.3 Å². The summed E-state index contributed by atoms with van der Waals surface area (Å²) in [5, 5.41) is 14.0. The summed E-state index contributed by atoms with van der Waals surface area (Å²) >= 11 is 0. The molecule has 12 nitrogen and oxygen atoms in total. The normalized spacial score (nSPS) is 17.1. The van der Waals surface area contributed by atoms with E-state index in [0.717, 1.165) is 14.2 Å². The van der Waals surface area contributed by atoms with Crippen molar-refractivity contribution in [3.63, 3.8) is 0 Å². The van der Waals surface area contributed by atoms with Crippen molar-refractivity contribution >= 4 is 23.9 Å². The molecule has 2 atom stereocenters. The number of amides is 2. The number of likely N-dealkylation sites (tertiary alicyclic amines) is 1. The van der Waals surface area contributed by atoms with E-state index in [2.05, 4.69) is 10.1 Å². The molecule has 0 radical (unpaired) electrons. The van der Waals surface area contributed by atoms with E-state index in [0.29, 0.717) is 0 Å². The molecule has 1 N–H and O–H groups in total. The zero-order valence-corrected chi connectivity index (χ0v) is 18.1. The highest BCUT2D eigenvalue weighted by Crippen LogP contribution is 2.33. The van der Waals surface area contributed by atoms with Gasteiger partial charge in [0.1, 0.15) is 11.6 Å². The Hall–Kier alpha value is -2.92. The van der Waals surface area contributed by atoms with Gasteiger partial charge in [-0.3, -0.25) is 19.7 Å². The lowest BCUT2D eigenvalue weighted by molar-refractivity contribution is -0.588. The minimum Gasteiger partial charge on any atom is -0.469 e. The Kier molecular flexibility index (Phi) is 8.14. The standard InChI is InChI=1S/C18H29N3O9/c1-11(22)20-9-18(10-20,21(26)27)8-12(14(23)28-5)7-13(15(24)29-6)19-16(25)30-17(2,3)4/h12-13H,7-10H2,1-6H3,(H,19,25). The maximum absolute atomic E-state index is 12.3. The highest BCUT2D eigenvalue weighted by molar-refractivity contribution is 5.82. The number of nitro groups is 1. The maximum atomic E-state index is 12.3. The number of alkyl carbamates (subject to hydrolysis) is 1. The zero-order valence-electron chi connectivity index (χ0n) is 18.1. The van der Waals surface area contributed by atoms with Gasteiger partial charge in [-0.2, -0.15) is 0 Å². The van der Waals surface area contributed by atoms with Crippen molar-refractivity contribution in [2.75, 3.05) is 27.3 Å². The van der Waals surface area contributed by atoms with Crippen LogP contribution < -0.4 is 5.32 Å². The van der Waals surface area contributed by atoms with Gasteiger partial charge in [0.15, 0.2) is 0 Å². The minimum absolute atomic E-state index is 0.161. The van der Waals surface area contributed by atoms with Crippen LogP contribution in [0.25, 0.3) is 0 Å². The number of ether oxygens (including phenoxy) is 3. The van der Waals surface area contributed by atoms with Gasteiger partial charge >= 0.3 is 18.0 Å². The topological polar surface area (TPSA) is 154 Å². The van der Waals surface area contributed by atoms with Crippen molar-refractivity contribution in [1.29, 1.82) is 0 Å². The Bertz CT molecular complexity index is 696. The lowest BCUT2D eigenvalue weighted by Crippen LogP contribution is -2.68. The van der Waals surface area contributed by atoms with Crippen LogP contribution in [0.1, 0.15) is 40.5 Å². The molecule has 2 amide bonds. The molecular formula is C18H29N3O9. The summed E-state index contributed by atoms with van der Waals surface area (Å²) in [5.41, 5.74) is -2.37. The lowest BCUT2D eigenvalue weighted by atomic mass is 9.79. The summed E-state index contributed by atoms with van der Waals surface area (Å²) in [7, 11) is 2.22. The first-order valence-electron chi connectivity index (χ1n) is 9.30. The van der Waals surface area contributed by atoms with Crippen molar-refractivity contribution in [3.05, 3.63) is 10.1 Å². The van der Waals surface area contributed by atoms with Crippen molar-refractivity contribution in [1.82, 2.24) is 10.2 Å². The Morgan fingerprint density at radius 2 is 1.67 bits per heavy atom. The summed E-state index contributed by atoms with van der Waals surface area (Å²) in [4.78, 5) is 60.4. The molecule has 12 heteroatoms. The van der Waals surface area contributed by atoms with Gasteiger partial charge in [0.05, 0.1) is 33.2 Å². The summed E-state index contributed by atoms with van der Waals surface area (Å²) < 4.78 is 14.5. The molecule has 0 aromatic heterocycles. The summed E-state index contributed by atoms with van der Waals surface area (Å²) in [6.07, 6.45) is -1.48. The third-order valence-corrected chi connectivity index (χ3v) is 4.66. The van der Waals surface area contributed by atoms with Gasteiger partial charge in [0, 0.05) is 18.3 Å². The first kappa shape index (κ1) is 25.1. The van der Waals surface area contributed by atoms with Gasteiger partial charge in [-0.15, -0.1) is 0 Å². The molecule has 1 aliphatic heterocycles. The molecule has 1 heterocycles. The number of nitrogens with zero attached hydrogens (tertiary/aromatic N) is 2. The van der Waals surface area contributed by atoms with E-state index in [1.54, 1.807) is 20.8 Å². The second kappa shape index (κ2) is 9.72. The van der Waals surface area contributed by atoms with Crippen molar-refractivity contribution in [3.8, 4) is 0 Å². The van der Waals surface area contributed by atoms with Crippen LogP contribution in [0.15, 0.2) is 0 Å². The predicted octanol–water partition coefficient (Wildman–Crippen LogP) is 0.500. The number of rotatable bonds is 8. The minimum atomic E-state index is -1.54. The van der Waals surface area contributed by atoms with Crippen LogP contribution in [0, 0.1) is 16.0 Å². The third-order valence-electron chi connectivity index (χ3n) is 4.66. The van der Waals surface area contributed by atoms with E-state index in [-0.39, 0.29) is 31.8 Å². The largest absolute Gasteiger partial charge is 0.469 e. The van der Waals surface area contributed by atoms with E-state index >= 15 is 0 Å². The molecule has 2 unspecified atom stereocenters. The Balaban J connectivity index is 3.03. The molecule has 0 spiro atoms. The number of nitrogens with one attached hydrogen (secondary N) is 1. The average molecular weight is 431 g/mol. The lowest BCUT2D eigenvalue weighted by Gasteiger charge is -2.43. The molecule has 0 saturated carbocycles. The first-order valence-corrected chi connectivity index (χ1v) is 9.30. The highest BCUT2D eigenvalue weighted by Gasteiger charge is 2.57. The molecule has 1 fully saturated rings. The zero-order chi connectivity index (χ0) is 23.3. The van der Waals surface area contributed by atoms with E-state index in [1.807, 2.05) is 0 Å².